The summed E-state index contributed by atoms with van der Waals surface area (Å²) in [5, 5.41) is 0. The van der Waals surface area contributed by atoms with Gasteiger partial charge in [-0.1, -0.05) is 13.3 Å². The fourth-order valence-corrected chi connectivity index (χ4v) is 2.50. The molecule has 4 nitrogen and oxygen atoms in total. The number of hydrogen-bond acceptors (Lipinski definition) is 3. The first kappa shape index (κ1) is 13.7. The first-order valence-electron chi connectivity index (χ1n) is 5.11. The highest BCUT2D eigenvalue weighted by Crippen LogP contribution is 2.25. The third kappa shape index (κ3) is 3.55. The Balaban J connectivity index is 2.99. The Morgan fingerprint density at radius 1 is 1.35 bits per heavy atom. The van der Waals surface area contributed by atoms with Crippen molar-refractivity contribution >= 4 is 21.4 Å². The van der Waals surface area contributed by atoms with Gasteiger partial charge in [0.2, 0.25) is 10.0 Å². The zero-order valence-corrected chi connectivity index (χ0v) is 10.2. The Kier molecular flexibility index (Phi) is 4.28. The van der Waals surface area contributed by atoms with Gasteiger partial charge < -0.3 is 5.73 Å². The maximum atomic E-state index is 13.3. The molecule has 96 valence electrons. The average Bonchev–Trinajstić information content (AvgIpc) is 2.27. The van der Waals surface area contributed by atoms with E-state index in [0.717, 1.165) is 12.1 Å². The predicted octanol–water partition coefficient (Wildman–Crippen LogP) is 2.09. The van der Waals surface area contributed by atoms with E-state index in [9.17, 15) is 17.2 Å². The van der Waals surface area contributed by atoms with Crippen molar-refractivity contribution in [2.24, 2.45) is 0 Å². The molecule has 0 aliphatic carbocycles. The van der Waals surface area contributed by atoms with Crippen LogP contribution in [-0.4, -0.2) is 14.2 Å². The van der Waals surface area contributed by atoms with Gasteiger partial charge in [0.15, 0.2) is 11.6 Å². The lowest BCUT2D eigenvalue weighted by atomic mass is 10.2. The van der Waals surface area contributed by atoms with Crippen molar-refractivity contribution in [1.82, 2.24) is 0 Å². The summed E-state index contributed by atoms with van der Waals surface area (Å²) in [4.78, 5) is 0. The Bertz CT molecular complexity index is 503. The van der Waals surface area contributed by atoms with Crippen LogP contribution in [0.4, 0.5) is 20.2 Å². The fraction of sp³-hybridized carbons (Fsp3) is 0.400. The molecule has 1 aromatic rings. The molecule has 0 aliphatic heterocycles. The molecule has 0 heterocycles. The Hall–Kier alpha value is -1.37. The lowest BCUT2D eigenvalue weighted by Gasteiger charge is -2.11. The van der Waals surface area contributed by atoms with Crippen LogP contribution in [0.25, 0.3) is 0 Å². The van der Waals surface area contributed by atoms with Gasteiger partial charge in [-0.15, -0.1) is 0 Å². The summed E-state index contributed by atoms with van der Waals surface area (Å²) in [5.41, 5.74) is 4.72. The van der Waals surface area contributed by atoms with E-state index < -0.39 is 27.3 Å². The predicted molar refractivity (Wildman–Crippen MR) is 63.1 cm³/mol. The van der Waals surface area contributed by atoms with Gasteiger partial charge in [-0.2, -0.15) is 0 Å². The number of nitrogen functional groups attached to an aromatic ring is 1. The smallest absolute Gasteiger partial charge is 0.232 e. The van der Waals surface area contributed by atoms with E-state index in [-0.39, 0.29) is 11.4 Å². The number of benzene rings is 1. The third-order valence-corrected chi connectivity index (χ3v) is 3.49. The van der Waals surface area contributed by atoms with Gasteiger partial charge >= 0.3 is 0 Å². The number of anilines is 2. The molecular formula is C10H14F2N2O2S. The summed E-state index contributed by atoms with van der Waals surface area (Å²) in [5.74, 6) is -2.59. The molecule has 0 bridgehead atoms. The number of hydrogen-bond donors (Lipinski definition) is 2. The monoisotopic (exact) mass is 264 g/mol. The van der Waals surface area contributed by atoms with E-state index in [1.807, 2.05) is 11.6 Å². The Morgan fingerprint density at radius 2 is 2.00 bits per heavy atom. The van der Waals surface area contributed by atoms with Crippen molar-refractivity contribution in [3.8, 4) is 0 Å². The molecule has 0 aliphatic rings. The summed E-state index contributed by atoms with van der Waals surface area (Å²) >= 11 is 0. The van der Waals surface area contributed by atoms with Crippen LogP contribution in [0.5, 0.6) is 0 Å². The minimum absolute atomic E-state index is 0.149. The minimum Gasteiger partial charge on any atom is -0.397 e. The van der Waals surface area contributed by atoms with Gasteiger partial charge in [0.25, 0.3) is 0 Å². The van der Waals surface area contributed by atoms with Crippen molar-refractivity contribution in [2.45, 2.75) is 19.8 Å². The first-order valence-corrected chi connectivity index (χ1v) is 6.76. The molecule has 1 rings (SSSR count). The van der Waals surface area contributed by atoms with Crippen LogP contribution >= 0.6 is 0 Å². The highest BCUT2D eigenvalue weighted by atomic mass is 32.2. The van der Waals surface area contributed by atoms with Crippen LogP contribution in [-0.2, 0) is 10.0 Å². The molecule has 7 heteroatoms. The molecule has 0 spiro atoms. The minimum atomic E-state index is -3.70. The second-order valence-corrected chi connectivity index (χ2v) is 5.44. The average molecular weight is 264 g/mol. The number of unbranched alkanes of at least 4 members (excludes halogenated alkanes) is 1. The second kappa shape index (κ2) is 5.31. The normalized spacial score (nSPS) is 11.5. The zero-order valence-electron chi connectivity index (χ0n) is 9.33. The van der Waals surface area contributed by atoms with Gasteiger partial charge in [-0.25, -0.2) is 17.2 Å². The van der Waals surface area contributed by atoms with Gasteiger partial charge in [-0.05, 0) is 18.6 Å². The van der Waals surface area contributed by atoms with E-state index in [2.05, 4.69) is 0 Å². The molecule has 17 heavy (non-hydrogen) atoms. The van der Waals surface area contributed by atoms with Gasteiger partial charge in [-0.3, -0.25) is 4.72 Å². The maximum absolute atomic E-state index is 13.3. The van der Waals surface area contributed by atoms with Crippen molar-refractivity contribution in [1.29, 1.82) is 0 Å². The second-order valence-electron chi connectivity index (χ2n) is 3.60. The van der Waals surface area contributed by atoms with E-state index in [1.54, 1.807) is 0 Å². The van der Waals surface area contributed by atoms with Crippen molar-refractivity contribution in [2.75, 3.05) is 16.2 Å². The van der Waals surface area contributed by atoms with Gasteiger partial charge in [0, 0.05) is 0 Å². The number of nitrogens with one attached hydrogen (secondary N) is 1. The molecular weight excluding hydrogens is 250 g/mol. The number of sulfonamides is 1. The van der Waals surface area contributed by atoms with Crippen LogP contribution < -0.4 is 10.5 Å². The lowest BCUT2D eigenvalue weighted by Crippen LogP contribution is -2.18. The standard InChI is InChI=1S/C10H14F2N2O2S/c1-2-3-6-17(15,16)14-10-8(13)5-4-7(11)9(10)12/h4-5,14H,2-3,6,13H2,1H3. The SMILES string of the molecule is CCCCS(=O)(=O)Nc1c(N)ccc(F)c1F. The molecule has 0 unspecified atom stereocenters. The molecule has 0 fully saturated rings. The van der Waals surface area contributed by atoms with Gasteiger partial charge in [0.05, 0.1) is 11.4 Å². The molecule has 3 N–H and O–H groups in total. The largest absolute Gasteiger partial charge is 0.397 e. The molecule has 0 amide bonds. The summed E-state index contributed by atoms with van der Waals surface area (Å²) in [7, 11) is -3.70. The van der Waals surface area contributed by atoms with Crippen LogP contribution in [0.1, 0.15) is 19.8 Å². The van der Waals surface area contributed by atoms with Crippen molar-refractivity contribution in [3.63, 3.8) is 0 Å². The van der Waals surface area contributed by atoms with Crippen LogP contribution in [0, 0.1) is 11.6 Å². The zero-order chi connectivity index (χ0) is 13.1. The summed E-state index contributed by atoms with van der Waals surface area (Å²) in [6, 6.07) is 1.95. The van der Waals surface area contributed by atoms with Crippen molar-refractivity contribution < 1.29 is 17.2 Å². The lowest BCUT2D eigenvalue weighted by molar-refractivity contribution is 0.512. The van der Waals surface area contributed by atoms with Crippen LogP contribution in [0.15, 0.2) is 12.1 Å². The van der Waals surface area contributed by atoms with Crippen molar-refractivity contribution in [3.05, 3.63) is 23.8 Å². The first-order chi connectivity index (χ1) is 7.87. The van der Waals surface area contributed by atoms with E-state index in [4.69, 9.17) is 5.73 Å². The van der Waals surface area contributed by atoms with E-state index in [0.29, 0.717) is 12.8 Å². The van der Waals surface area contributed by atoms with E-state index in [1.165, 1.54) is 0 Å². The van der Waals surface area contributed by atoms with Gasteiger partial charge in [0.1, 0.15) is 5.69 Å². The number of nitrogens with two attached hydrogens (primary N) is 1. The fourth-order valence-electron chi connectivity index (χ4n) is 1.21. The molecule has 0 aromatic heterocycles. The molecule has 1 aromatic carbocycles. The quantitative estimate of drug-likeness (QED) is 0.800. The maximum Gasteiger partial charge on any atom is 0.232 e. The Morgan fingerprint density at radius 3 is 2.59 bits per heavy atom. The Labute approximate surface area is 98.9 Å². The number of rotatable bonds is 5. The summed E-state index contributed by atoms with van der Waals surface area (Å²) in [6.45, 7) is 1.83. The molecule has 0 saturated heterocycles. The van der Waals surface area contributed by atoms with E-state index >= 15 is 0 Å². The number of halogens is 2. The topological polar surface area (TPSA) is 72.2 Å². The summed E-state index contributed by atoms with van der Waals surface area (Å²) in [6.07, 6.45) is 1.12. The molecule has 0 radical (unpaired) electrons. The highest BCUT2D eigenvalue weighted by Gasteiger charge is 2.17. The van der Waals surface area contributed by atoms with Crippen LogP contribution in [0.2, 0.25) is 0 Å². The third-order valence-electron chi connectivity index (χ3n) is 2.15. The van der Waals surface area contributed by atoms with Crippen LogP contribution in [0.3, 0.4) is 0 Å². The molecule has 0 saturated carbocycles. The highest BCUT2D eigenvalue weighted by molar-refractivity contribution is 7.92. The summed E-state index contributed by atoms with van der Waals surface area (Å²) < 4.78 is 51.3. The molecule has 0 atom stereocenters.